The number of esters is 1. The fourth-order valence-corrected chi connectivity index (χ4v) is 2.21. The van der Waals surface area contributed by atoms with Crippen molar-refractivity contribution in [3.8, 4) is 0 Å². The van der Waals surface area contributed by atoms with E-state index < -0.39 is 6.04 Å². The number of rotatable bonds is 4. The molecule has 0 aliphatic heterocycles. The van der Waals surface area contributed by atoms with Gasteiger partial charge in [0.15, 0.2) is 0 Å². The smallest absolute Gasteiger partial charge is 0.323 e. The van der Waals surface area contributed by atoms with Gasteiger partial charge in [-0.05, 0) is 37.7 Å². The first-order valence-electron chi connectivity index (χ1n) is 6.25. The van der Waals surface area contributed by atoms with E-state index in [4.69, 9.17) is 10.5 Å². The monoisotopic (exact) mass is 233 g/mol. The van der Waals surface area contributed by atoms with Crippen molar-refractivity contribution in [2.75, 3.05) is 0 Å². The molecule has 0 radical (unpaired) electrons. The van der Waals surface area contributed by atoms with Crippen LogP contribution in [-0.2, 0) is 16.0 Å². The Morgan fingerprint density at radius 3 is 2.59 bits per heavy atom. The first-order valence-corrected chi connectivity index (χ1v) is 6.25. The molecule has 0 heterocycles. The van der Waals surface area contributed by atoms with Crippen molar-refractivity contribution < 1.29 is 9.53 Å². The highest BCUT2D eigenvalue weighted by atomic mass is 16.5. The van der Waals surface area contributed by atoms with E-state index in [0.717, 1.165) is 31.2 Å². The van der Waals surface area contributed by atoms with Crippen LogP contribution in [-0.4, -0.2) is 18.1 Å². The minimum Gasteiger partial charge on any atom is -0.461 e. The van der Waals surface area contributed by atoms with Gasteiger partial charge >= 0.3 is 5.97 Å². The Balaban J connectivity index is 1.82. The van der Waals surface area contributed by atoms with E-state index in [2.05, 4.69) is 0 Å². The molecule has 0 bridgehead atoms. The van der Waals surface area contributed by atoms with Gasteiger partial charge in [0.2, 0.25) is 0 Å². The number of benzene rings is 1. The summed E-state index contributed by atoms with van der Waals surface area (Å²) in [6.07, 6.45) is 4.95. The third-order valence-corrected chi connectivity index (χ3v) is 3.19. The van der Waals surface area contributed by atoms with E-state index in [1.807, 2.05) is 30.3 Å². The van der Waals surface area contributed by atoms with E-state index in [1.54, 1.807) is 0 Å². The standard InChI is InChI=1S/C14H19NO2/c15-13(10-11-6-2-1-3-7-11)14(16)17-12-8-4-5-9-12/h1-3,6-7,12-13H,4-5,8-10,15H2/t13-/m1/s1. The van der Waals surface area contributed by atoms with Crippen LogP contribution in [0.15, 0.2) is 30.3 Å². The molecule has 0 aromatic heterocycles. The minimum absolute atomic E-state index is 0.101. The summed E-state index contributed by atoms with van der Waals surface area (Å²) in [7, 11) is 0. The second-order valence-electron chi connectivity index (χ2n) is 4.64. The second-order valence-corrected chi connectivity index (χ2v) is 4.64. The Labute approximate surface area is 102 Å². The van der Waals surface area contributed by atoms with E-state index in [-0.39, 0.29) is 12.1 Å². The van der Waals surface area contributed by atoms with Crippen LogP contribution < -0.4 is 5.73 Å². The zero-order valence-electron chi connectivity index (χ0n) is 9.97. The number of nitrogens with two attached hydrogens (primary N) is 1. The molecule has 2 rings (SSSR count). The zero-order chi connectivity index (χ0) is 12.1. The number of hydrogen-bond donors (Lipinski definition) is 1. The third-order valence-electron chi connectivity index (χ3n) is 3.19. The predicted molar refractivity (Wildman–Crippen MR) is 66.5 cm³/mol. The van der Waals surface area contributed by atoms with E-state index in [9.17, 15) is 4.79 Å². The summed E-state index contributed by atoms with van der Waals surface area (Å²) >= 11 is 0. The molecular formula is C14H19NO2. The lowest BCUT2D eigenvalue weighted by Gasteiger charge is -2.15. The Kier molecular flexibility index (Phi) is 4.15. The van der Waals surface area contributed by atoms with Crippen LogP contribution in [0.2, 0.25) is 0 Å². The van der Waals surface area contributed by atoms with E-state index >= 15 is 0 Å². The molecular weight excluding hydrogens is 214 g/mol. The van der Waals surface area contributed by atoms with Gasteiger partial charge in [0.25, 0.3) is 0 Å². The summed E-state index contributed by atoms with van der Waals surface area (Å²) < 4.78 is 5.38. The van der Waals surface area contributed by atoms with Crippen molar-refractivity contribution >= 4 is 5.97 Å². The van der Waals surface area contributed by atoms with Gasteiger partial charge in [0.05, 0.1) is 0 Å². The molecule has 1 aliphatic carbocycles. The molecule has 0 unspecified atom stereocenters. The fraction of sp³-hybridized carbons (Fsp3) is 0.500. The largest absolute Gasteiger partial charge is 0.461 e. The predicted octanol–water partition coefficient (Wildman–Crippen LogP) is 2.04. The lowest BCUT2D eigenvalue weighted by molar-refractivity contribution is -0.150. The van der Waals surface area contributed by atoms with Crippen molar-refractivity contribution in [3.63, 3.8) is 0 Å². The van der Waals surface area contributed by atoms with Gasteiger partial charge in [-0.2, -0.15) is 0 Å². The quantitative estimate of drug-likeness (QED) is 0.810. The van der Waals surface area contributed by atoms with Crippen LogP contribution in [0, 0.1) is 0 Å². The third kappa shape index (κ3) is 3.56. The number of carbonyl (C=O) groups excluding carboxylic acids is 1. The lowest BCUT2D eigenvalue weighted by atomic mass is 10.1. The molecule has 0 amide bonds. The molecule has 0 saturated heterocycles. The van der Waals surface area contributed by atoms with Crippen molar-refractivity contribution in [3.05, 3.63) is 35.9 Å². The average Bonchev–Trinajstić information content (AvgIpc) is 2.83. The molecule has 0 spiro atoms. The van der Waals surface area contributed by atoms with Gasteiger partial charge in [0, 0.05) is 0 Å². The second kappa shape index (κ2) is 5.82. The molecule has 1 atom stereocenters. The highest BCUT2D eigenvalue weighted by Gasteiger charge is 2.23. The van der Waals surface area contributed by atoms with Crippen LogP contribution in [0.25, 0.3) is 0 Å². The Morgan fingerprint density at radius 2 is 1.94 bits per heavy atom. The molecule has 1 saturated carbocycles. The number of ether oxygens (including phenoxy) is 1. The SMILES string of the molecule is N[C@H](Cc1ccccc1)C(=O)OC1CCCC1. The molecule has 92 valence electrons. The fourth-order valence-electron chi connectivity index (χ4n) is 2.21. The molecule has 1 aromatic rings. The van der Waals surface area contributed by atoms with Crippen LogP contribution >= 0.6 is 0 Å². The van der Waals surface area contributed by atoms with Crippen LogP contribution in [0.5, 0.6) is 0 Å². The van der Waals surface area contributed by atoms with Gasteiger partial charge in [-0.15, -0.1) is 0 Å². The minimum atomic E-state index is -0.544. The normalized spacial score (nSPS) is 17.9. The van der Waals surface area contributed by atoms with Gasteiger partial charge in [-0.1, -0.05) is 30.3 Å². The summed E-state index contributed by atoms with van der Waals surface area (Å²) in [6.45, 7) is 0. The average molecular weight is 233 g/mol. The van der Waals surface area contributed by atoms with Crippen molar-refractivity contribution in [1.29, 1.82) is 0 Å². The summed E-state index contributed by atoms with van der Waals surface area (Å²) in [5, 5.41) is 0. The summed E-state index contributed by atoms with van der Waals surface area (Å²) in [5.41, 5.74) is 6.93. The van der Waals surface area contributed by atoms with Gasteiger partial charge in [-0.3, -0.25) is 4.79 Å². The van der Waals surface area contributed by atoms with Crippen molar-refractivity contribution in [2.24, 2.45) is 5.73 Å². The molecule has 1 fully saturated rings. The van der Waals surface area contributed by atoms with Gasteiger partial charge < -0.3 is 10.5 Å². The molecule has 2 N–H and O–H groups in total. The topological polar surface area (TPSA) is 52.3 Å². The van der Waals surface area contributed by atoms with Crippen LogP contribution in [0.1, 0.15) is 31.2 Å². The Hall–Kier alpha value is -1.35. The Morgan fingerprint density at radius 1 is 1.29 bits per heavy atom. The van der Waals surface area contributed by atoms with Gasteiger partial charge in [0.1, 0.15) is 12.1 Å². The molecule has 1 aliphatic rings. The van der Waals surface area contributed by atoms with Crippen LogP contribution in [0.4, 0.5) is 0 Å². The lowest BCUT2D eigenvalue weighted by Crippen LogP contribution is -2.36. The van der Waals surface area contributed by atoms with E-state index in [1.165, 1.54) is 0 Å². The molecule has 17 heavy (non-hydrogen) atoms. The summed E-state index contributed by atoms with van der Waals surface area (Å²) in [4.78, 5) is 11.8. The van der Waals surface area contributed by atoms with Crippen LogP contribution in [0.3, 0.4) is 0 Å². The molecule has 1 aromatic carbocycles. The number of hydrogen-bond acceptors (Lipinski definition) is 3. The molecule has 3 heteroatoms. The first-order chi connectivity index (χ1) is 8.25. The zero-order valence-corrected chi connectivity index (χ0v) is 9.97. The summed E-state index contributed by atoms with van der Waals surface area (Å²) in [6, 6.07) is 9.25. The number of carbonyl (C=O) groups is 1. The van der Waals surface area contributed by atoms with Crippen molar-refractivity contribution in [2.45, 2.75) is 44.2 Å². The summed E-state index contributed by atoms with van der Waals surface area (Å²) in [5.74, 6) is -0.263. The molecule has 3 nitrogen and oxygen atoms in total. The van der Waals surface area contributed by atoms with Gasteiger partial charge in [-0.25, -0.2) is 0 Å². The first kappa shape index (κ1) is 12.1. The highest BCUT2D eigenvalue weighted by molar-refractivity contribution is 5.76. The maximum Gasteiger partial charge on any atom is 0.323 e. The van der Waals surface area contributed by atoms with E-state index in [0.29, 0.717) is 6.42 Å². The van der Waals surface area contributed by atoms with Crippen molar-refractivity contribution in [1.82, 2.24) is 0 Å². The maximum atomic E-state index is 11.8. The maximum absolute atomic E-state index is 11.8. The highest BCUT2D eigenvalue weighted by Crippen LogP contribution is 2.21. The Bertz CT molecular complexity index is 358.